The molecule has 0 fully saturated rings. The summed E-state index contributed by atoms with van der Waals surface area (Å²) in [5.74, 6) is -0.893. The van der Waals surface area contributed by atoms with Crippen LogP contribution in [-0.4, -0.2) is 67.2 Å². The molecule has 0 aliphatic heterocycles. The number of ether oxygens (including phenoxy) is 1. The van der Waals surface area contributed by atoms with Gasteiger partial charge in [-0.2, -0.15) is 4.31 Å². The molecule has 3 aromatic carbocycles. The molecule has 244 valence electrons. The van der Waals surface area contributed by atoms with E-state index in [2.05, 4.69) is 10.6 Å². The second-order valence-corrected chi connectivity index (χ2v) is 13.9. The van der Waals surface area contributed by atoms with Crippen molar-refractivity contribution in [1.29, 1.82) is 0 Å². The van der Waals surface area contributed by atoms with Crippen LogP contribution in [0, 0.1) is 0 Å². The quantitative estimate of drug-likeness (QED) is 0.177. The number of amides is 2. The third-order valence-electron chi connectivity index (χ3n) is 7.73. The Morgan fingerprint density at radius 3 is 1.93 bits per heavy atom. The molecular weight excluding hydrogens is 592 g/mol. The topological polar surface area (TPSA) is 151 Å². The zero-order valence-corrected chi connectivity index (χ0v) is 27.5. The van der Waals surface area contributed by atoms with E-state index in [4.69, 9.17) is 10.5 Å². The van der Waals surface area contributed by atoms with Gasteiger partial charge >= 0.3 is 6.09 Å². The van der Waals surface area contributed by atoms with Crippen LogP contribution in [0.2, 0.25) is 0 Å². The molecule has 0 unspecified atom stereocenters. The van der Waals surface area contributed by atoms with Crippen LogP contribution >= 0.6 is 0 Å². The standard InChI is InChI=1S/C34H46N4O6S/c1-24(2)38(45(42,43)29-20-18-27(35)19-21-29)28(23-39)17-12-22-34(3,4)37-32(40)31(36-33(41)44-5)30(25-13-8-6-9-14-25)26-15-10-7-11-16-26/h6-11,13-16,18-21,24,28,30-31,39H,12,17,22-23,35H2,1-5H3,(H,36,41)(H,37,40)/t28-,31-/m0/s1. The molecule has 3 aromatic rings. The first-order valence-corrected chi connectivity index (χ1v) is 16.5. The Balaban J connectivity index is 1.79. The number of rotatable bonds is 15. The highest BCUT2D eigenvalue weighted by Crippen LogP contribution is 2.30. The molecule has 3 rings (SSSR count). The minimum Gasteiger partial charge on any atom is -0.453 e. The number of aliphatic hydroxyl groups is 1. The molecule has 2 amide bonds. The summed E-state index contributed by atoms with van der Waals surface area (Å²) in [4.78, 5) is 26.5. The summed E-state index contributed by atoms with van der Waals surface area (Å²) >= 11 is 0. The normalized spacial score (nSPS) is 13.4. The molecule has 0 saturated heterocycles. The fraction of sp³-hybridized carbons (Fsp3) is 0.412. The number of nitrogens with one attached hydrogen (secondary N) is 2. The molecule has 0 bridgehead atoms. The smallest absolute Gasteiger partial charge is 0.407 e. The molecular formula is C34H46N4O6S. The highest BCUT2D eigenvalue weighted by Gasteiger charge is 2.36. The third kappa shape index (κ3) is 9.53. The van der Waals surface area contributed by atoms with Crippen molar-refractivity contribution in [2.24, 2.45) is 0 Å². The Morgan fingerprint density at radius 1 is 0.933 bits per heavy atom. The van der Waals surface area contributed by atoms with E-state index in [1.165, 1.54) is 35.7 Å². The van der Waals surface area contributed by atoms with Crippen LogP contribution in [0.25, 0.3) is 0 Å². The lowest BCUT2D eigenvalue weighted by Gasteiger charge is -2.35. The highest BCUT2D eigenvalue weighted by atomic mass is 32.2. The summed E-state index contributed by atoms with van der Waals surface area (Å²) in [6, 6.07) is 22.9. The van der Waals surface area contributed by atoms with E-state index >= 15 is 0 Å². The molecule has 0 aliphatic carbocycles. The van der Waals surface area contributed by atoms with Gasteiger partial charge < -0.3 is 26.2 Å². The lowest BCUT2D eigenvalue weighted by atomic mass is 9.84. The number of carbonyl (C=O) groups excluding carboxylic acids is 2. The summed E-state index contributed by atoms with van der Waals surface area (Å²) in [5, 5.41) is 16.1. The zero-order valence-electron chi connectivity index (χ0n) is 26.6. The van der Waals surface area contributed by atoms with Gasteiger partial charge in [-0.1, -0.05) is 60.7 Å². The predicted molar refractivity (Wildman–Crippen MR) is 176 cm³/mol. The number of benzene rings is 3. The molecule has 2 atom stereocenters. The van der Waals surface area contributed by atoms with Crippen LogP contribution in [0.5, 0.6) is 0 Å². The molecule has 0 aliphatic rings. The fourth-order valence-corrected chi connectivity index (χ4v) is 7.44. The number of hydrogen-bond acceptors (Lipinski definition) is 7. The SMILES string of the molecule is COC(=O)N[C@H](C(=O)NC(C)(C)CCC[C@@H](CO)N(C(C)C)S(=O)(=O)c1ccc(N)cc1)C(c1ccccc1)c1ccccc1. The predicted octanol–water partition coefficient (Wildman–Crippen LogP) is 4.65. The van der Waals surface area contributed by atoms with E-state index in [9.17, 15) is 23.1 Å². The second kappa shape index (κ2) is 15.9. The summed E-state index contributed by atoms with van der Waals surface area (Å²) < 4.78 is 33.3. The number of aliphatic hydroxyl groups excluding tert-OH is 1. The van der Waals surface area contributed by atoms with Gasteiger partial charge in [0.05, 0.1) is 18.6 Å². The van der Waals surface area contributed by atoms with Crippen molar-refractivity contribution in [3.05, 3.63) is 96.1 Å². The molecule has 0 saturated carbocycles. The van der Waals surface area contributed by atoms with Crippen molar-refractivity contribution >= 4 is 27.7 Å². The van der Waals surface area contributed by atoms with Crippen LogP contribution in [-0.2, 0) is 19.6 Å². The number of nitrogen functional groups attached to an aromatic ring is 1. The summed E-state index contributed by atoms with van der Waals surface area (Å²) in [6.07, 6.45) is 0.624. The van der Waals surface area contributed by atoms with E-state index in [1.54, 1.807) is 13.8 Å². The maximum Gasteiger partial charge on any atom is 0.407 e. The van der Waals surface area contributed by atoms with Crippen molar-refractivity contribution in [2.45, 2.75) is 81.4 Å². The van der Waals surface area contributed by atoms with E-state index in [0.29, 0.717) is 24.9 Å². The lowest BCUT2D eigenvalue weighted by molar-refractivity contribution is -0.125. The lowest BCUT2D eigenvalue weighted by Crippen LogP contribution is -2.55. The number of carbonyl (C=O) groups is 2. The van der Waals surface area contributed by atoms with Gasteiger partial charge in [0.15, 0.2) is 0 Å². The Labute approximate surface area is 267 Å². The van der Waals surface area contributed by atoms with Crippen LogP contribution in [0.15, 0.2) is 89.8 Å². The first-order valence-electron chi connectivity index (χ1n) is 15.1. The maximum absolute atomic E-state index is 13.9. The van der Waals surface area contributed by atoms with Gasteiger partial charge in [-0.25, -0.2) is 13.2 Å². The number of nitrogens with two attached hydrogens (primary N) is 1. The number of nitrogens with zero attached hydrogens (tertiary/aromatic N) is 1. The van der Waals surface area contributed by atoms with Crippen LogP contribution in [0.3, 0.4) is 0 Å². The van der Waals surface area contributed by atoms with Crippen LogP contribution < -0.4 is 16.4 Å². The maximum atomic E-state index is 13.9. The molecule has 0 aromatic heterocycles. The highest BCUT2D eigenvalue weighted by molar-refractivity contribution is 7.89. The average molecular weight is 639 g/mol. The van der Waals surface area contributed by atoms with E-state index < -0.39 is 51.6 Å². The van der Waals surface area contributed by atoms with E-state index in [1.807, 2.05) is 74.5 Å². The Bertz CT molecular complexity index is 1440. The number of alkyl carbamates (subject to hydrolysis) is 1. The molecule has 0 spiro atoms. The van der Waals surface area contributed by atoms with Crippen molar-refractivity contribution in [3.63, 3.8) is 0 Å². The van der Waals surface area contributed by atoms with Crippen molar-refractivity contribution < 1.29 is 27.9 Å². The monoisotopic (exact) mass is 638 g/mol. The Kier molecular flexibility index (Phi) is 12.5. The average Bonchev–Trinajstić information content (AvgIpc) is 3.00. The summed E-state index contributed by atoms with van der Waals surface area (Å²) in [7, 11) is -2.66. The van der Waals surface area contributed by atoms with Crippen LogP contribution in [0.1, 0.15) is 64.0 Å². The first kappa shape index (κ1) is 35.5. The number of anilines is 1. The van der Waals surface area contributed by atoms with Crippen LogP contribution in [0.4, 0.5) is 10.5 Å². The van der Waals surface area contributed by atoms with Gasteiger partial charge in [-0.15, -0.1) is 0 Å². The second-order valence-electron chi connectivity index (χ2n) is 12.0. The first-order chi connectivity index (χ1) is 21.3. The molecule has 5 N–H and O–H groups in total. The van der Waals surface area contributed by atoms with Gasteiger partial charge in [0.25, 0.3) is 0 Å². The minimum absolute atomic E-state index is 0.104. The number of hydrogen-bond donors (Lipinski definition) is 4. The Morgan fingerprint density at radius 2 is 1.47 bits per heavy atom. The van der Waals surface area contributed by atoms with Gasteiger partial charge in [-0.3, -0.25) is 4.79 Å². The molecule has 0 heterocycles. The molecule has 10 nitrogen and oxygen atoms in total. The Hall–Kier alpha value is -3.93. The largest absolute Gasteiger partial charge is 0.453 e. The molecule has 0 radical (unpaired) electrons. The van der Waals surface area contributed by atoms with Gasteiger partial charge in [0, 0.05) is 29.2 Å². The van der Waals surface area contributed by atoms with E-state index in [0.717, 1.165) is 11.1 Å². The molecule has 45 heavy (non-hydrogen) atoms. The fourth-order valence-electron chi connectivity index (χ4n) is 5.59. The minimum atomic E-state index is -3.90. The van der Waals surface area contributed by atoms with Crippen molar-refractivity contribution in [3.8, 4) is 0 Å². The third-order valence-corrected chi connectivity index (χ3v) is 9.87. The van der Waals surface area contributed by atoms with Crippen molar-refractivity contribution in [1.82, 2.24) is 14.9 Å². The zero-order chi connectivity index (χ0) is 33.2. The number of methoxy groups -OCH3 is 1. The van der Waals surface area contributed by atoms with Gasteiger partial charge in [0.1, 0.15) is 6.04 Å². The van der Waals surface area contributed by atoms with E-state index in [-0.39, 0.29) is 11.5 Å². The van der Waals surface area contributed by atoms with Gasteiger partial charge in [-0.05, 0) is 82.3 Å². The van der Waals surface area contributed by atoms with Gasteiger partial charge in [0.2, 0.25) is 15.9 Å². The summed E-state index contributed by atoms with van der Waals surface area (Å²) in [5.41, 5.74) is 7.17. The summed E-state index contributed by atoms with van der Waals surface area (Å²) in [6.45, 7) is 6.93. The number of sulfonamides is 1. The molecule has 11 heteroatoms. The van der Waals surface area contributed by atoms with Crippen molar-refractivity contribution in [2.75, 3.05) is 19.5 Å².